The van der Waals surface area contributed by atoms with Crippen LogP contribution in [0.3, 0.4) is 0 Å². The van der Waals surface area contributed by atoms with Gasteiger partial charge in [-0.15, -0.1) is 11.6 Å². The first kappa shape index (κ1) is 13.6. The smallest absolute Gasteiger partial charge is 0.0509 e. The zero-order valence-corrected chi connectivity index (χ0v) is 12.8. The van der Waals surface area contributed by atoms with Crippen LogP contribution in [-0.2, 0) is 5.88 Å². The summed E-state index contributed by atoms with van der Waals surface area (Å²) in [4.78, 5) is 2.51. The number of fused-ring (bicyclic) bond motifs is 1. The summed E-state index contributed by atoms with van der Waals surface area (Å²) in [6, 6.07) is 6.16. The molecule has 2 aliphatic rings. The second kappa shape index (κ2) is 5.93. The van der Waals surface area contributed by atoms with Crippen molar-refractivity contribution in [1.82, 2.24) is 0 Å². The molecule has 1 aliphatic carbocycles. The lowest BCUT2D eigenvalue weighted by Gasteiger charge is -2.43. The molecule has 2 atom stereocenters. The van der Waals surface area contributed by atoms with Crippen molar-refractivity contribution in [3.8, 4) is 0 Å². The molecular weight excluding hydrogens is 277 g/mol. The highest BCUT2D eigenvalue weighted by Gasteiger charge is 2.31. The summed E-state index contributed by atoms with van der Waals surface area (Å²) >= 11 is 12.4. The Morgan fingerprint density at radius 3 is 2.68 bits per heavy atom. The number of hydrogen-bond donors (Lipinski definition) is 0. The number of anilines is 1. The molecular formula is C16H21Cl2N. The molecule has 2 fully saturated rings. The Kier molecular flexibility index (Phi) is 4.24. The molecule has 19 heavy (non-hydrogen) atoms. The van der Waals surface area contributed by atoms with Gasteiger partial charge in [0.1, 0.15) is 0 Å². The zero-order chi connectivity index (χ0) is 13.2. The fraction of sp³-hybridized carbons (Fsp3) is 0.625. The highest BCUT2D eigenvalue weighted by atomic mass is 35.5. The minimum absolute atomic E-state index is 0.500. The number of piperidine rings is 1. The lowest BCUT2D eigenvalue weighted by molar-refractivity contribution is 0.202. The van der Waals surface area contributed by atoms with Crippen molar-refractivity contribution in [3.05, 3.63) is 28.8 Å². The first-order valence-electron chi connectivity index (χ1n) is 7.38. The molecule has 2 unspecified atom stereocenters. The number of benzene rings is 1. The van der Waals surface area contributed by atoms with Gasteiger partial charge in [-0.3, -0.25) is 0 Å². The largest absolute Gasteiger partial charge is 0.371 e. The third-order valence-electron chi connectivity index (χ3n) is 4.86. The summed E-state index contributed by atoms with van der Waals surface area (Å²) in [5.41, 5.74) is 2.35. The summed E-state index contributed by atoms with van der Waals surface area (Å²) < 4.78 is 0. The fourth-order valence-corrected chi connectivity index (χ4v) is 4.38. The van der Waals surface area contributed by atoms with E-state index in [0.717, 1.165) is 29.0 Å². The summed E-state index contributed by atoms with van der Waals surface area (Å²) in [5.74, 6) is 2.34. The predicted molar refractivity (Wildman–Crippen MR) is 83.3 cm³/mol. The average molecular weight is 298 g/mol. The van der Waals surface area contributed by atoms with Crippen molar-refractivity contribution in [2.45, 2.75) is 38.0 Å². The van der Waals surface area contributed by atoms with E-state index in [9.17, 15) is 0 Å². The SMILES string of the molecule is ClCc1c(Cl)cccc1N1CCC2CCCCC2C1. The van der Waals surface area contributed by atoms with Gasteiger partial charge in [-0.2, -0.15) is 0 Å². The Morgan fingerprint density at radius 2 is 1.89 bits per heavy atom. The maximum atomic E-state index is 6.28. The van der Waals surface area contributed by atoms with Gasteiger partial charge in [-0.1, -0.05) is 36.9 Å². The van der Waals surface area contributed by atoms with Gasteiger partial charge in [0.15, 0.2) is 0 Å². The van der Waals surface area contributed by atoms with Gasteiger partial charge in [-0.05, 0) is 36.8 Å². The molecule has 1 aliphatic heterocycles. The van der Waals surface area contributed by atoms with E-state index < -0.39 is 0 Å². The summed E-state index contributed by atoms with van der Waals surface area (Å²) in [6.07, 6.45) is 7.02. The Hall–Kier alpha value is -0.400. The molecule has 1 heterocycles. The minimum Gasteiger partial charge on any atom is -0.371 e. The predicted octanol–water partition coefficient (Wildman–Crippen LogP) is 5.10. The number of rotatable bonds is 2. The molecule has 1 saturated heterocycles. The van der Waals surface area contributed by atoms with E-state index in [2.05, 4.69) is 11.0 Å². The van der Waals surface area contributed by atoms with Crippen LogP contribution in [0.1, 0.15) is 37.7 Å². The van der Waals surface area contributed by atoms with Gasteiger partial charge < -0.3 is 4.90 Å². The van der Waals surface area contributed by atoms with Crippen molar-refractivity contribution >= 4 is 28.9 Å². The molecule has 0 radical (unpaired) electrons. The van der Waals surface area contributed by atoms with Gasteiger partial charge in [-0.25, -0.2) is 0 Å². The Labute approximate surface area is 125 Å². The van der Waals surface area contributed by atoms with Crippen LogP contribution in [0.2, 0.25) is 5.02 Å². The zero-order valence-electron chi connectivity index (χ0n) is 11.2. The van der Waals surface area contributed by atoms with Crippen molar-refractivity contribution in [1.29, 1.82) is 0 Å². The van der Waals surface area contributed by atoms with Crippen molar-refractivity contribution in [3.63, 3.8) is 0 Å². The first-order valence-corrected chi connectivity index (χ1v) is 8.29. The number of alkyl halides is 1. The molecule has 0 spiro atoms. The van der Waals surface area contributed by atoms with Crippen molar-refractivity contribution < 1.29 is 0 Å². The molecule has 1 saturated carbocycles. The van der Waals surface area contributed by atoms with Crippen molar-refractivity contribution in [2.24, 2.45) is 11.8 Å². The van der Waals surface area contributed by atoms with Gasteiger partial charge in [0.25, 0.3) is 0 Å². The topological polar surface area (TPSA) is 3.24 Å². The minimum atomic E-state index is 0.500. The standard InChI is InChI=1S/C16H21Cl2N/c17-10-14-15(18)6-3-7-16(14)19-9-8-12-4-1-2-5-13(12)11-19/h3,6-7,12-13H,1-2,4-5,8-11H2. The van der Waals surface area contributed by atoms with Gasteiger partial charge in [0, 0.05) is 29.4 Å². The summed E-state index contributed by atoms with van der Waals surface area (Å²) in [6.45, 7) is 2.35. The van der Waals surface area contributed by atoms with Crippen LogP contribution >= 0.6 is 23.2 Å². The van der Waals surface area contributed by atoms with E-state index in [1.165, 1.54) is 44.3 Å². The second-order valence-corrected chi connectivity index (χ2v) is 6.58. The molecule has 1 aromatic rings. The van der Waals surface area contributed by atoms with Crippen LogP contribution in [0.5, 0.6) is 0 Å². The molecule has 3 heteroatoms. The molecule has 104 valence electrons. The molecule has 1 aromatic carbocycles. The maximum Gasteiger partial charge on any atom is 0.0509 e. The molecule has 3 rings (SSSR count). The molecule has 0 N–H and O–H groups in total. The normalized spacial score (nSPS) is 27.2. The summed E-state index contributed by atoms with van der Waals surface area (Å²) in [7, 11) is 0. The number of hydrogen-bond acceptors (Lipinski definition) is 1. The number of nitrogens with zero attached hydrogens (tertiary/aromatic N) is 1. The fourth-order valence-electron chi connectivity index (χ4n) is 3.80. The molecule has 0 aromatic heterocycles. The third kappa shape index (κ3) is 2.73. The highest BCUT2D eigenvalue weighted by Crippen LogP contribution is 2.39. The Balaban J connectivity index is 1.81. The van der Waals surface area contributed by atoms with Gasteiger partial charge >= 0.3 is 0 Å². The van der Waals surface area contributed by atoms with E-state index in [1.54, 1.807) is 0 Å². The lowest BCUT2D eigenvalue weighted by atomic mass is 9.75. The number of halogens is 2. The Morgan fingerprint density at radius 1 is 1.11 bits per heavy atom. The van der Waals surface area contributed by atoms with E-state index in [0.29, 0.717) is 5.88 Å². The quantitative estimate of drug-likeness (QED) is 0.687. The molecule has 0 bridgehead atoms. The first-order chi connectivity index (χ1) is 9.29. The van der Waals surface area contributed by atoms with E-state index in [1.807, 2.05) is 12.1 Å². The van der Waals surface area contributed by atoms with Crippen LogP contribution in [0.15, 0.2) is 18.2 Å². The van der Waals surface area contributed by atoms with Gasteiger partial charge in [0.2, 0.25) is 0 Å². The van der Waals surface area contributed by atoms with Crippen LogP contribution in [-0.4, -0.2) is 13.1 Å². The van der Waals surface area contributed by atoms with E-state index in [4.69, 9.17) is 23.2 Å². The molecule has 0 amide bonds. The van der Waals surface area contributed by atoms with Crippen LogP contribution in [0.25, 0.3) is 0 Å². The van der Waals surface area contributed by atoms with Crippen LogP contribution < -0.4 is 4.90 Å². The van der Waals surface area contributed by atoms with Crippen molar-refractivity contribution in [2.75, 3.05) is 18.0 Å². The molecule has 1 nitrogen and oxygen atoms in total. The van der Waals surface area contributed by atoms with E-state index in [-0.39, 0.29) is 0 Å². The summed E-state index contributed by atoms with van der Waals surface area (Å²) in [5, 5.41) is 0.804. The average Bonchev–Trinajstić information content (AvgIpc) is 2.46. The van der Waals surface area contributed by atoms with Crippen LogP contribution in [0.4, 0.5) is 5.69 Å². The maximum absolute atomic E-state index is 6.28. The van der Waals surface area contributed by atoms with Gasteiger partial charge in [0.05, 0.1) is 5.88 Å². The van der Waals surface area contributed by atoms with Crippen LogP contribution in [0, 0.1) is 11.8 Å². The second-order valence-electron chi connectivity index (χ2n) is 5.91. The Bertz CT molecular complexity index is 446. The highest BCUT2D eigenvalue weighted by molar-refractivity contribution is 6.32. The third-order valence-corrected chi connectivity index (χ3v) is 5.48. The van der Waals surface area contributed by atoms with E-state index >= 15 is 0 Å². The monoisotopic (exact) mass is 297 g/mol. The lowest BCUT2D eigenvalue weighted by Crippen LogP contribution is -2.42.